The van der Waals surface area contributed by atoms with Crippen molar-refractivity contribution in [3.05, 3.63) is 64.4 Å². The molecule has 0 radical (unpaired) electrons. The van der Waals surface area contributed by atoms with Crippen molar-refractivity contribution in [2.45, 2.75) is 6.61 Å². The molecule has 0 atom stereocenters. The highest BCUT2D eigenvalue weighted by Gasteiger charge is 2.03. The van der Waals surface area contributed by atoms with Crippen molar-refractivity contribution in [1.82, 2.24) is 0 Å². The fourth-order valence-electron chi connectivity index (χ4n) is 1.52. The number of ether oxygens (including phenoxy) is 1. The molecular weight excluding hydrogens is 269 g/mol. The van der Waals surface area contributed by atoms with Gasteiger partial charge in [-0.05, 0) is 41.5 Å². The molecule has 2 aromatic rings. The van der Waals surface area contributed by atoms with Crippen molar-refractivity contribution in [2.75, 3.05) is 0 Å². The Kier molecular flexibility index (Phi) is 4.36. The van der Waals surface area contributed by atoms with E-state index in [0.29, 0.717) is 22.9 Å². The summed E-state index contributed by atoms with van der Waals surface area (Å²) < 4.78 is 18.3. The van der Waals surface area contributed by atoms with Gasteiger partial charge in [0.25, 0.3) is 0 Å². The summed E-state index contributed by atoms with van der Waals surface area (Å²) in [5.74, 6) is 0.232. The fraction of sp³-hybridized carbons (Fsp3) is 0.0714. The number of hydrogen-bond acceptors (Lipinski definition) is 3. The van der Waals surface area contributed by atoms with Gasteiger partial charge in [-0.25, -0.2) is 4.39 Å². The molecule has 0 aromatic heterocycles. The number of nitrogens with zero attached hydrogens (tertiary/aromatic N) is 1. The van der Waals surface area contributed by atoms with E-state index in [9.17, 15) is 4.39 Å². The van der Waals surface area contributed by atoms with Crippen molar-refractivity contribution in [3.63, 3.8) is 0 Å². The largest absolute Gasteiger partial charge is 0.487 e. The first-order valence-electron chi connectivity index (χ1n) is 5.53. The molecule has 0 spiro atoms. The van der Waals surface area contributed by atoms with Gasteiger partial charge in [0.05, 0.1) is 11.2 Å². The van der Waals surface area contributed by atoms with Gasteiger partial charge in [-0.15, -0.1) is 0 Å². The minimum atomic E-state index is -0.283. The van der Waals surface area contributed by atoms with E-state index in [-0.39, 0.29) is 5.82 Å². The van der Waals surface area contributed by atoms with Crippen LogP contribution in [0.25, 0.3) is 0 Å². The monoisotopic (exact) mass is 279 g/mol. The third-order valence-electron chi connectivity index (χ3n) is 2.47. The number of halogens is 2. The van der Waals surface area contributed by atoms with Gasteiger partial charge in [0, 0.05) is 0 Å². The molecule has 0 saturated carbocycles. The number of benzene rings is 2. The summed E-state index contributed by atoms with van der Waals surface area (Å²) in [6, 6.07) is 11.1. The molecule has 0 fully saturated rings. The van der Waals surface area contributed by atoms with Crippen LogP contribution in [-0.4, -0.2) is 11.4 Å². The average molecular weight is 280 g/mol. The molecule has 0 unspecified atom stereocenters. The van der Waals surface area contributed by atoms with Gasteiger partial charge in [0.15, 0.2) is 0 Å². The molecule has 1 N–H and O–H groups in total. The van der Waals surface area contributed by atoms with Crippen LogP contribution >= 0.6 is 11.6 Å². The normalized spacial score (nSPS) is 10.8. The Morgan fingerprint density at radius 2 is 1.95 bits per heavy atom. The highest BCUT2D eigenvalue weighted by Crippen LogP contribution is 2.25. The molecule has 0 aliphatic heterocycles. The standard InChI is InChI=1S/C14H11ClFNO2/c15-13-7-11(8-17-18)3-6-14(13)19-9-10-1-4-12(16)5-2-10/h1-8,18H,9H2/b17-8+. The van der Waals surface area contributed by atoms with Crippen LogP contribution in [-0.2, 0) is 6.61 Å². The lowest BCUT2D eigenvalue weighted by atomic mass is 10.2. The second-order valence-electron chi connectivity index (χ2n) is 3.85. The highest BCUT2D eigenvalue weighted by molar-refractivity contribution is 6.32. The Labute approximate surface area is 114 Å². The fourth-order valence-corrected chi connectivity index (χ4v) is 1.77. The van der Waals surface area contributed by atoms with Gasteiger partial charge in [0.2, 0.25) is 0 Å². The van der Waals surface area contributed by atoms with Crippen molar-refractivity contribution in [2.24, 2.45) is 5.16 Å². The van der Waals surface area contributed by atoms with E-state index in [2.05, 4.69) is 5.16 Å². The van der Waals surface area contributed by atoms with Crippen LogP contribution in [0.2, 0.25) is 5.02 Å². The molecule has 98 valence electrons. The van der Waals surface area contributed by atoms with Gasteiger partial charge in [0.1, 0.15) is 18.2 Å². The molecular formula is C14H11ClFNO2. The van der Waals surface area contributed by atoms with E-state index in [1.54, 1.807) is 30.3 Å². The Balaban J connectivity index is 2.05. The minimum absolute atomic E-state index is 0.283. The first kappa shape index (κ1) is 13.4. The average Bonchev–Trinajstić information content (AvgIpc) is 2.40. The number of hydrogen-bond donors (Lipinski definition) is 1. The van der Waals surface area contributed by atoms with Crippen LogP contribution in [0.4, 0.5) is 4.39 Å². The third-order valence-corrected chi connectivity index (χ3v) is 2.77. The maximum atomic E-state index is 12.7. The second-order valence-corrected chi connectivity index (χ2v) is 4.26. The molecule has 2 aromatic carbocycles. The van der Waals surface area contributed by atoms with Crippen LogP contribution < -0.4 is 4.74 Å². The predicted octanol–water partition coefficient (Wildman–Crippen LogP) is 3.87. The number of rotatable bonds is 4. The Hall–Kier alpha value is -2.07. The zero-order chi connectivity index (χ0) is 13.7. The molecule has 0 aliphatic rings. The van der Waals surface area contributed by atoms with Crippen molar-refractivity contribution >= 4 is 17.8 Å². The smallest absolute Gasteiger partial charge is 0.138 e. The molecule has 5 heteroatoms. The quantitative estimate of drug-likeness (QED) is 0.524. The van der Waals surface area contributed by atoms with Crippen molar-refractivity contribution in [3.8, 4) is 5.75 Å². The highest BCUT2D eigenvalue weighted by atomic mass is 35.5. The van der Waals surface area contributed by atoms with E-state index in [1.165, 1.54) is 18.3 Å². The lowest BCUT2D eigenvalue weighted by molar-refractivity contribution is 0.306. The van der Waals surface area contributed by atoms with Crippen molar-refractivity contribution in [1.29, 1.82) is 0 Å². The lowest BCUT2D eigenvalue weighted by Crippen LogP contribution is -1.96. The molecule has 19 heavy (non-hydrogen) atoms. The van der Waals surface area contributed by atoms with Crippen LogP contribution in [0.5, 0.6) is 5.75 Å². The molecule has 0 aliphatic carbocycles. The van der Waals surface area contributed by atoms with E-state index < -0.39 is 0 Å². The molecule has 2 rings (SSSR count). The van der Waals surface area contributed by atoms with Gasteiger partial charge in [-0.3, -0.25) is 0 Å². The summed E-state index contributed by atoms with van der Waals surface area (Å²) in [5.41, 5.74) is 1.51. The Bertz CT molecular complexity index is 584. The Morgan fingerprint density at radius 3 is 2.58 bits per heavy atom. The Morgan fingerprint density at radius 1 is 1.21 bits per heavy atom. The lowest BCUT2D eigenvalue weighted by Gasteiger charge is -2.08. The maximum absolute atomic E-state index is 12.7. The summed E-state index contributed by atoms with van der Waals surface area (Å²) in [5, 5.41) is 11.8. The van der Waals surface area contributed by atoms with E-state index in [0.717, 1.165) is 5.56 Å². The first-order valence-corrected chi connectivity index (χ1v) is 5.91. The van der Waals surface area contributed by atoms with Gasteiger partial charge < -0.3 is 9.94 Å². The van der Waals surface area contributed by atoms with E-state index >= 15 is 0 Å². The summed E-state index contributed by atoms with van der Waals surface area (Å²) in [7, 11) is 0. The van der Waals surface area contributed by atoms with E-state index in [4.69, 9.17) is 21.5 Å². The van der Waals surface area contributed by atoms with Crippen LogP contribution in [0, 0.1) is 5.82 Å². The first-order chi connectivity index (χ1) is 9.19. The van der Waals surface area contributed by atoms with E-state index in [1.807, 2.05) is 0 Å². The van der Waals surface area contributed by atoms with Gasteiger partial charge in [-0.2, -0.15) is 0 Å². The summed E-state index contributed by atoms with van der Waals surface area (Å²) in [6.45, 7) is 0.299. The van der Waals surface area contributed by atoms with Crippen LogP contribution in [0.1, 0.15) is 11.1 Å². The zero-order valence-corrected chi connectivity index (χ0v) is 10.6. The maximum Gasteiger partial charge on any atom is 0.138 e. The minimum Gasteiger partial charge on any atom is -0.487 e. The summed E-state index contributed by atoms with van der Waals surface area (Å²) in [4.78, 5) is 0. The van der Waals surface area contributed by atoms with Gasteiger partial charge in [-0.1, -0.05) is 28.9 Å². The molecule has 0 amide bonds. The van der Waals surface area contributed by atoms with Gasteiger partial charge >= 0.3 is 0 Å². The zero-order valence-electron chi connectivity index (χ0n) is 9.88. The number of oxime groups is 1. The predicted molar refractivity (Wildman–Crippen MR) is 71.6 cm³/mol. The summed E-state index contributed by atoms with van der Waals surface area (Å²) >= 11 is 6.03. The molecule has 0 heterocycles. The SMILES string of the molecule is O/N=C/c1ccc(OCc2ccc(F)cc2)c(Cl)c1. The van der Waals surface area contributed by atoms with Crippen LogP contribution in [0.3, 0.4) is 0 Å². The van der Waals surface area contributed by atoms with Crippen molar-refractivity contribution < 1.29 is 14.3 Å². The molecule has 0 saturated heterocycles. The molecule has 0 bridgehead atoms. The third kappa shape index (κ3) is 3.69. The second kappa shape index (κ2) is 6.20. The summed E-state index contributed by atoms with van der Waals surface area (Å²) in [6.07, 6.45) is 1.27. The topological polar surface area (TPSA) is 41.8 Å². The molecule has 3 nitrogen and oxygen atoms in total. The van der Waals surface area contributed by atoms with Crippen LogP contribution in [0.15, 0.2) is 47.6 Å².